The SMILES string of the molecule is C[C@@H]1CCCN(C(=O)C2CCN([C@H](C)C(=O)Nc3nccs3)CC2)C1. The summed E-state index contributed by atoms with van der Waals surface area (Å²) in [5, 5.41) is 5.35. The number of aromatic nitrogens is 1. The van der Waals surface area contributed by atoms with Gasteiger partial charge in [0.05, 0.1) is 6.04 Å². The molecule has 138 valence electrons. The van der Waals surface area contributed by atoms with E-state index in [1.54, 1.807) is 6.20 Å². The molecule has 2 amide bonds. The Morgan fingerprint density at radius 2 is 2.04 bits per heavy atom. The van der Waals surface area contributed by atoms with E-state index in [0.29, 0.717) is 17.0 Å². The first-order chi connectivity index (χ1) is 12.0. The van der Waals surface area contributed by atoms with E-state index in [1.165, 1.54) is 17.8 Å². The second kappa shape index (κ2) is 8.27. The Balaban J connectivity index is 1.47. The Hall–Kier alpha value is -1.47. The van der Waals surface area contributed by atoms with Crippen LogP contribution >= 0.6 is 11.3 Å². The average molecular weight is 365 g/mol. The number of amides is 2. The number of piperidine rings is 2. The van der Waals surface area contributed by atoms with Crippen LogP contribution in [0.5, 0.6) is 0 Å². The van der Waals surface area contributed by atoms with Crippen LogP contribution in [-0.2, 0) is 9.59 Å². The van der Waals surface area contributed by atoms with Crippen molar-refractivity contribution >= 4 is 28.3 Å². The maximum absolute atomic E-state index is 12.7. The fourth-order valence-corrected chi connectivity index (χ4v) is 4.37. The summed E-state index contributed by atoms with van der Waals surface area (Å²) in [6, 6.07) is -0.199. The van der Waals surface area contributed by atoms with E-state index in [4.69, 9.17) is 0 Å². The van der Waals surface area contributed by atoms with Crippen molar-refractivity contribution in [1.29, 1.82) is 0 Å². The lowest BCUT2D eigenvalue weighted by atomic mass is 9.92. The molecule has 0 unspecified atom stereocenters. The first-order valence-corrected chi connectivity index (χ1v) is 10.2. The van der Waals surface area contributed by atoms with Gasteiger partial charge in [0.15, 0.2) is 5.13 Å². The van der Waals surface area contributed by atoms with Crippen LogP contribution in [0.2, 0.25) is 0 Å². The van der Waals surface area contributed by atoms with E-state index in [2.05, 4.69) is 27.0 Å². The minimum absolute atomic E-state index is 0.0235. The molecule has 25 heavy (non-hydrogen) atoms. The lowest BCUT2D eigenvalue weighted by molar-refractivity contribution is -0.139. The van der Waals surface area contributed by atoms with E-state index >= 15 is 0 Å². The Kier molecular flexibility index (Phi) is 6.06. The van der Waals surface area contributed by atoms with Crippen molar-refractivity contribution in [2.45, 2.75) is 45.6 Å². The second-order valence-corrected chi connectivity index (χ2v) is 8.24. The highest BCUT2D eigenvalue weighted by molar-refractivity contribution is 7.13. The van der Waals surface area contributed by atoms with Crippen LogP contribution in [0.4, 0.5) is 5.13 Å². The normalized spacial score (nSPS) is 24.1. The molecule has 3 rings (SSSR count). The molecule has 1 aromatic rings. The highest BCUT2D eigenvalue weighted by Gasteiger charge is 2.33. The number of nitrogens with zero attached hydrogens (tertiary/aromatic N) is 3. The van der Waals surface area contributed by atoms with Gasteiger partial charge in [-0.15, -0.1) is 11.3 Å². The molecule has 2 atom stereocenters. The van der Waals surface area contributed by atoms with Gasteiger partial charge >= 0.3 is 0 Å². The van der Waals surface area contributed by atoms with Crippen LogP contribution in [0.1, 0.15) is 39.5 Å². The zero-order chi connectivity index (χ0) is 17.8. The van der Waals surface area contributed by atoms with Gasteiger partial charge in [-0.05, 0) is 51.6 Å². The molecule has 1 N–H and O–H groups in total. The third-order valence-corrected chi connectivity index (χ3v) is 6.13. The van der Waals surface area contributed by atoms with Crippen molar-refractivity contribution in [1.82, 2.24) is 14.8 Å². The van der Waals surface area contributed by atoms with E-state index in [0.717, 1.165) is 45.4 Å². The van der Waals surface area contributed by atoms with Crippen molar-refractivity contribution in [3.8, 4) is 0 Å². The number of anilines is 1. The van der Waals surface area contributed by atoms with Gasteiger partial charge in [-0.25, -0.2) is 4.98 Å². The number of hydrogen-bond donors (Lipinski definition) is 1. The number of carbonyl (C=O) groups excluding carboxylic acids is 2. The smallest absolute Gasteiger partial charge is 0.243 e. The summed E-state index contributed by atoms with van der Waals surface area (Å²) < 4.78 is 0. The molecule has 0 aromatic carbocycles. The predicted molar refractivity (Wildman–Crippen MR) is 99.5 cm³/mol. The highest BCUT2D eigenvalue weighted by atomic mass is 32.1. The molecule has 0 spiro atoms. The number of hydrogen-bond acceptors (Lipinski definition) is 5. The fourth-order valence-electron chi connectivity index (χ4n) is 3.84. The molecule has 1 aromatic heterocycles. The number of carbonyl (C=O) groups is 2. The van der Waals surface area contributed by atoms with Crippen LogP contribution in [0.15, 0.2) is 11.6 Å². The standard InChI is InChI=1S/C18H28N4O2S/c1-13-4-3-8-22(12-13)17(24)15-5-9-21(10-6-15)14(2)16(23)20-18-19-7-11-25-18/h7,11,13-15H,3-6,8-10,12H2,1-2H3,(H,19,20,23)/t13-,14-/m1/s1. The van der Waals surface area contributed by atoms with Crippen LogP contribution in [0.25, 0.3) is 0 Å². The Morgan fingerprint density at radius 1 is 1.28 bits per heavy atom. The van der Waals surface area contributed by atoms with E-state index in [1.807, 2.05) is 12.3 Å². The molecule has 3 heterocycles. The first kappa shape index (κ1) is 18.3. The molecule has 0 bridgehead atoms. The predicted octanol–water partition coefficient (Wildman–Crippen LogP) is 2.44. The van der Waals surface area contributed by atoms with Gasteiger partial charge in [0, 0.05) is 30.6 Å². The van der Waals surface area contributed by atoms with Crippen molar-refractivity contribution in [3.63, 3.8) is 0 Å². The molecular weight excluding hydrogens is 336 g/mol. The maximum Gasteiger partial charge on any atom is 0.243 e. The molecular formula is C18H28N4O2S. The summed E-state index contributed by atoms with van der Waals surface area (Å²) in [6.45, 7) is 7.57. The Bertz CT molecular complexity index is 584. The summed E-state index contributed by atoms with van der Waals surface area (Å²) in [5.41, 5.74) is 0. The largest absolute Gasteiger partial charge is 0.342 e. The van der Waals surface area contributed by atoms with Crippen LogP contribution in [0, 0.1) is 11.8 Å². The fraction of sp³-hybridized carbons (Fsp3) is 0.722. The minimum atomic E-state index is -0.199. The molecule has 0 saturated carbocycles. The molecule has 7 heteroatoms. The van der Waals surface area contributed by atoms with Gasteiger partial charge in [0.25, 0.3) is 0 Å². The van der Waals surface area contributed by atoms with Crippen molar-refractivity contribution < 1.29 is 9.59 Å². The number of nitrogens with one attached hydrogen (secondary N) is 1. The summed E-state index contributed by atoms with van der Waals surface area (Å²) in [6.07, 6.45) is 5.73. The third-order valence-electron chi connectivity index (χ3n) is 5.44. The molecule has 0 radical (unpaired) electrons. The number of rotatable bonds is 4. The van der Waals surface area contributed by atoms with E-state index < -0.39 is 0 Å². The summed E-state index contributed by atoms with van der Waals surface area (Å²) >= 11 is 1.42. The third kappa shape index (κ3) is 4.58. The molecule has 0 aliphatic carbocycles. The van der Waals surface area contributed by atoms with Gasteiger partial charge in [-0.3, -0.25) is 14.5 Å². The van der Waals surface area contributed by atoms with Gasteiger partial charge < -0.3 is 10.2 Å². The summed E-state index contributed by atoms with van der Waals surface area (Å²) in [7, 11) is 0. The van der Waals surface area contributed by atoms with Gasteiger partial charge in [0.2, 0.25) is 11.8 Å². The Labute approximate surface area is 153 Å². The lowest BCUT2D eigenvalue weighted by Gasteiger charge is -2.38. The lowest BCUT2D eigenvalue weighted by Crippen LogP contribution is -2.49. The number of likely N-dealkylation sites (tertiary alicyclic amines) is 2. The zero-order valence-electron chi connectivity index (χ0n) is 15.1. The highest BCUT2D eigenvalue weighted by Crippen LogP contribution is 2.24. The van der Waals surface area contributed by atoms with Crippen molar-refractivity contribution in [2.24, 2.45) is 11.8 Å². The van der Waals surface area contributed by atoms with Crippen LogP contribution in [0.3, 0.4) is 0 Å². The zero-order valence-corrected chi connectivity index (χ0v) is 15.9. The quantitative estimate of drug-likeness (QED) is 0.891. The van der Waals surface area contributed by atoms with Gasteiger partial charge in [0.1, 0.15) is 0 Å². The topological polar surface area (TPSA) is 65.5 Å². The second-order valence-electron chi connectivity index (χ2n) is 7.34. The van der Waals surface area contributed by atoms with Crippen molar-refractivity contribution in [3.05, 3.63) is 11.6 Å². The van der Waals surface area contributed by atoms with Gasteiger partial charge in [-0.2, -0.15) is 0 Å². The summed E-state index contributed by atoms with van der Waals surface area (Å²) in [5.74, 6) is 1.04. The Morgan fingerprint density at radius 3 is 2.68 bits per heavy atom. The first-order valence-electron chi connectivity index (χ1n) is 9.27. The molecule has 2 saturated heterocycles. The average Bonchev–Trinajstić information content (AvgIpc) is 3.13. The molecule has 2 fully saturated rings. The molecule has 6 nitrogen and oxygen atoms in total. The molecule has 2 aliphatic heterocycles. The molecule has 2 aliphatic rings. The minimum Gasteiger partial charge on any atom is -0.342 e. The number of thiazole rings is 1. The van der Waals surface area contributed by atoms with Crippen molar-refractivity contribution in [2.75, 3.05) is 31.5 Å². The van der Waals surface area contributed by atoms with Crippen LogP contribution in [-0.4, -0.2) is 58.8 Å². The van der Waals surface area contributed by atoms with Gasteiger partial charge in [-0.1, -0.05) is 6.92 Å². The monoisotopic (exact) mass is 364 g/mol. The van der Waals surface area contributed by atoms with E-state index in [-0.39, 0.29) is 17.9 Å². The van der Waals surface area contributed by atoms with E-state index in [9.17, 15) is 9.59 Å². The van der Waals surface area contributed by atoms with Crippen LogP contribution < -0.4 is 5.32 Å². The summed E-state index contributed by atoms with van der Waals surface area (Å²) in [4.78, 5) is 33.4. The maximum atomic E-state index is 12.7.